The average molecular weight is 374 g/mol. The molecule has 2 aliphatic carbocycles. The number of carbonyl (C=O) groups excluding carboxylic acids is 1. The zero-order chi connectivity index (χ0) is 19.3. The Morgan fingerprint density at radius 3 is 2.61 bits per heavy atom. The van der Waals surface area contributed by atoms with Crippen LogP contribution in [0.3, 0.4) is 0 Å². The molecule has 2 bridgehead atoms. The summed E-state index contributed by atoms with van der Waals surface area (Å²) in [6.07, 6.45) is 7.55. The third-order valence-electron chi connectivity index (χ3n) is 6.41. The summed E-state index contributed by atoms with van der Waals surface area (Å²) in [5.74, 6) is 3.25. The van der Waals surface area contributed by atoms with Crippen molar-refractivity contribution in [2.45, 2.75) is 25.8 Å². The maximum Gasteiger partial charge on any atom is 0.226 e. The third-order valence-corrected chi connectivity index (χ3v) is 6.41. The highest BCUT2D eigenvalue weighted by atomic mass is 16.2. The van der Waals surface area contributed by atoms with Gasteiger partial charge in [-0.2, -0.15) is 0 Å². The molecule has 0 N–H and O–H groups in total. The molecule has 1 aromatic heterocycles. The molecule has 28 heavy (non-hydrogen) atoms. The number of rotatable bonds is 3. The number of benzene rings is 1. The molecule has 2 aromatic rings. The zero-order valence-corrected chi connectivity index (χ0v) is 16.5. The molecule has 0 saturated heterocycles. The van der Waals surface area contributed by atoms with Gasteiger partial charge < -0.3 is 9.80 Å². The highest BCUT2D eigenvalue weighted by Crippen LogP contribution is 2.44. The van der Waals surface area contributed by atoms with E-state index >= 15 is 0 Å². The van der Waals surface area contributed by atoms with Gasteiger partial charge in [0.25, 0.3) is 0 Å². The normalized spacial score (nSPS) is 25.1. The van der Waals surface area contributed by atoms with Crippen molar-refractivity contribution in [2.75, 3.05) is 25.5 Å². The smallest absolute Gasteiger partial charge is 0.226 e. The second-order valence-corrected chi connectivity index (χ2v) is 8.45. The van der Waals surface area contributed by atoms with Crippen LogP contribution >= 0.6 is 0 Å². The standard InChI is InChI=1S/C23H26N4O/c1-26(2)22-18-10-11-27(23(28)19-13-15-8-9-17(19)12-15)14-20(18)24-21(25-22)16-6-4-3-5-7-16/h3-9,15,17,19H,10-14H2,1-2H3/t15-,17+,19-/m1/s1. The summed E-state index contributed by atoms with van der Waals surface area (Å²) in [4.78, 5) is 27.0. The molecule has 2 heterocycles. The van der Waals surface area contributed by atoms with Gasteiger partial charge in [0.15, 0.2) is 5.82 Å². The number of amides is 1. The van der Waals surface area contributed by atoms with Crippen LogP contribution in [0.1, 0.15) is 24.1 Å². The lowest BCUT2D eigenvalue weighted by atomic mass is 9.91. The van der Waals surface area contributed by atoms with E-state index in [0.29, 0.717) is 24.3 Å². The molecule has 1 amide bonds. The number of anilines is 1. The summed E-state index contributed by atoms with van der Waals surface area (Å²) in [5, 5.41) is 0. The van der Waals surface area contributed by atoms with Gasteiger partial charge in [0.1, 0.15) is 5.82 Å². The Morgan fingerprint density at radius 1 is 1.11 bits per heavy atom. The van der Waals surface area contributed by atoms with Crippen molar-refractivity contribution >= 4 is 11.7 Å². The number of hydrogen-bond acceptors (Lipinski definition) is 4. The number of nitrogens with zero attached hydrogens (tertiary/aromatic N) is 4. The number of fused-ring (bicyclic) bond motifs is 3. The van der Waals surface area contributed by atoms with E-state index in [-0.39, 0.29) is 5.92 Å². The molecule has 1 fully saturated rings. The van der Waals surface area contributed by atoms with Gasteiger partial charge in [0, 0.05) is 37.7 Å². The van der Waals surface area contributed by atoms with E-state index in [4.69, 9.17) is 9.97 Å². The molecular weight excluding hydrogens is 348 g/mol. The number of carbonyl (C=O) groups is 1. The Bertz CT molecular complexity index is 937. The minimum absolute atomic E-state index is 0.167. The van der Waals surface area contributed by atoms with E-state index < -0.39 is 0 Å². The molecule has 5 heteroatoms. The highest BCUT2D eigenvalue weighted by Gasteiger charge is 2.42. The molecule has 144 valence electrons. The van der Waals surface area contributed by atoms with E-state index in [1.165, 1.54) is 5.56 Å². The Balaban J connectivity index is 1.46. The van der Waals surface area contributed by atoms with Crippen molar-refractivity contribution in [3.8, 4) is 11.4 Å². The Hall–Kier alpha value is -2.69. The zero-order valence-electron chi connectivity index (χ0n) is 16.5. The van der Waals surface area contributed by atoms with E-state index in [1.54, 1.807) is 0 Å². The first-order valence-corrected chi connectivity index (χ1v) is 10.2. The topological polar surface area (TPSA) is 49.3 Å². The first kappa shape index (κ1) is 17.4. The molecular formula is C23H26N4O. The van der Waals surface area contributed by atoms with Crippen LogP contribution in [0.4, 0.5) is 5.82 Å². The maximum atomic E-state index is 13.2. The predicted molar refractivity (Wildman–Crippen MR) is 110 cm³/mol. The van der Waals surface area contributed by atoms with Crippen LogP contribution in [-0.4, -0.2) is 41.4 Å². The lowest BCUT2D eigenvalue weighted by molar-refractivity contribution is -0.137. The number of hydrogen-bond donors (Lipinski definition) is 0. The third kappa shape index (κ3) is 2.89. The van der Waals surface area contributed by atoms with Gasteiger partial charge in [-0.15, -0.1) is 0 Å². The molecule has 1 aliphatic heterocycles. The van der Waals surface area contributed by atoms with Gasteiger partial charge in [0.2, 0.25) is 5.91 Å². The molecule has 0 unspecified atom stereocenters. The average Bonchev–Trinajstić information content (AvgIpc) is 3.36. The summed E-state index contributed by atoms with van der Waals surface area (Å²) in [6, 6.07) is 10.1. The van der Waals surface area contributed by atoms with Gasteiger partial charge >= 0.3 is 0 Å². The first-order valence-electron chi connectivity index (χ1n) is 10.2. The lowest BCUT2D eigenvalue weighted by Crippen LogP contribution is -2.41. The van der Waals surface area contributed by atoms with Crippen LogP contribution in [0, 0.1) is 17.8 Å². The monoisotopic (exact) mass is 374 g/mol. The molecule has 3 aliphatic rings. The number of aromatic nitrogens is 2. The fourth-order valence-electron chi connectivity index (χ4n) is 4.98. The van der Waals surface area contributed by atoms with Crippen LogP contribution in [0.5, 0.6) is 0 Å². The molecule has 5 rings (SSSR count). The van der Waals surface area contributed by atoms with Gasteiger partial charge in [-0.05, 0) is 31.1 Å². The quantitative estimate of drug-likeness (QED) is 0.774. The SMILES string of the molecule is CN(C)c1nc(-c2ccccc2)nc2c1CCN(C(=O)[C@@H]1C[C@@H]3C=C[C@H]1C3)C2. The van der Waals surface area contributed by atoms with Crippen molar-refractivity contribution in [3.05, 3.63) is 53.7 Å². The van der Waals surface area contributed by atoms with Gasteiger partial charge in [-0.1, -0.05) is 42.5 Å². The van der Waals surface area contributed by atoms with Crippen LogP contribution < -0.4 is 4.90 Å². The molecule has 5 nitrogen and oxygen atoms in total. The highest BCUT2D eigenvalue weighted by molar-refractivity contribution is 5.80. The Labute approximate surface area is 166 Å². The van der Waals surface area contributed by atoms with Crippen molar-refractivity contribution < 1.29 is 4.79 Å². The summed E-state index contributed by atoms with van der Waals surface area (Å²) < 4.78 is 0. The second kappa shape index (κ2) is 6.73. The summed E-state index contributed by atoms with van der Waals surface area (Å²) in [6.45, 7) is 1.35. The molecule has 1 aromatic carbocycles. The summed E-state index contributed by atoms with van der Waals surface area (Å²) in [7, 11) is 4.05. The summed E-state index contributed by atoms with van der Waals surface area (Å²) >= 11 is 0. The van der Waals surface area contributed by atoms with Crippen LogP contribution in [0.15, 0.2) is 42.5 Å². The molecule has 1 saturated carbocycles. The second-order valence-electron chi connectivity index (χ2n) is 8.45. The Morgan fingerprint density at radius 2 is 1.93 bits per heavy atom. The predicted octanol–water partition coefficient (Wildman–Crippen LogP) is 3.31. The molecule has 3 atom stereocenters. The van der Waals surface area contributed by atoms with Crippen LogP contribution in [0.2, 0.25) is 0 Å². The minimum atomic E-state index is 0.167. The van der Waals surface area contributed by atoms with Crippen molar-refractivity contribution in [1.82, 2.24) is 14.9 Å². The number of allylic oxidation sites excluding steroid dienone is 2. The van der Waals surface area contributed by atoms with Gasteiger partial charge in [0.05, 0.1) is 12.2 Å². The van der Waals surface area contributed by atoms with E-state index in [9.17, 15) is 4.79 Å². The molecule has 0 radical (unpaired) electrons. The van der Waals surface area contributed by atoms with Gasteiger partial charge in [-0.25, -0.2) is 9.97 Å². The largest absolute Gasteiger partial charge is 0.362 e. The fourth-order valence-corrected chi connectivity index (χ4v) is 4.98. The van der Waals surface area contributed by atoms with Crippen molar-refractivity contribution in [2.24, 2.45) is 17.8 Å². The maximum absolute atomic E-state index is 13.2. The van der Waals surface area contributed by atoms with Crippen LogP contribution in [0.25, 0.3) is 11.4 Å². The van der Waals surface area contributed by atoms with E-state index in [0.717, 1.165) is 48.7 Å². The van der Waals surface area contributed by atoms with E-state index in [1.807, 2.05) is 49.3 Å². The van der Waals surface area contributed by atoms with Crippen molar-refractivity contribution in [1.29, 1.82) is 0 Å². The fraction of sp³-hybridized carbons (Fsp3) is 0.435. The summed E-state index contributed by atoms with van der Waals surface area (Å²) in [5.41, 5.74) is 3.19. The van der Waals surface area contributed by atoms with Crippen LogP contribution in [-0.2, 0) is 17.8 Å². The van der Waals surface area contributed by atoms with E-state index in [2.05, 4.69) is 17.1 Å². The molecule has 0 spiro atoms. The first-order chi connectivity index (χ1) is 13.6. The lowest BCUT2D eigenvalue weighted by Gasteiger charge is -2.33. The minimum Gasteiger partial charge on any atom is -0.362 e. The van der Waals surface area contributed by atoms with Gasteiger partial charge in [-0.3, -0.25) is 4.79 Å². The van der Waals surface area contributed by atoms with Crippen molar-refractivity contribution in [3.63, 3.8) is 0 Å². The Kier molecular flexibility index (Phi) is 4.18.